The van der Waals surface area contributed by atoms with Crippen molar-refractivity contribution >= 4 is 23.4 Å². The van der Waals surface area contributed by atoms with Crippen LogP contribution in [0.15, 0.2) is 18.2 Å². The highest BCUT2D eigenvalue weighted by atomic mass is 35.5. The van der Waals surface area contributed by atoms with Crippen LogP contribution in [-0.4, -0.2) is 24.6 Å². The summed E-state index contributed by atoms with van der Waals surface area (Å²) < 4.78 is 13.6. The highest BCUT2D eigenvalue weighted by Gasteiger charge is 2.11. The molecule has 0 saturated heterocycles. The van der Waals surface area contributed by atoms with Gasteiger partial charge in [0.15, 0.2) is 0 Å². The van der Waals surface area contributed by atoms with E-state index in [1.165, 1.54) is 6.07 Å². The second kappa shape index (κ2) is 7.96. The van der Waals surface area contributed by atoms with Crippen molar-refractivity contribution < 1.29 is 4.39 Å². The third kappa shape index (κ3) is 5.28. The average molecular weight is 276 g/mol. The SMILES string of the molecule is CCNC(CCSC)Cc1cc(Cl)ccc1F. The smallest absolute Gasteiger partial charge is 0.126 e. The van der Waals surface area contributed by atoms with E-state index in [0.717, 1.165) is 18.7 Å². The number of benzene rings is 1. The van der Waals surface area contributed by atoms with Crippen LogP contribution in [0, 0.1) is 5.82 Å². The third-order valence-corrected chi connectivity index (χ3v) is 3.52. The van der Waals surface area contributed by atoms with Crippen LogP contribution >= 0.6 is 23.4 Å². The van der Waals surface area contributed by atoms with Crippen LogP contribution in [0.25, 0.3) is 0 Å². The van der Waals surface area contributed by atoms with E-state index >= 15 is 0 Å². The molecular formula is C13H19ClFNS. The van der Waals surface area contributed by atoms with Crippen LogP contribution in [0.4, 0.5) is 4.39 Å². The minimum Gasteiger partial charge on any atom is -0.314 e. The Hall–Kier alpha value is -0.250. The van der Waals surface area contributed by atoms with Gasteiger partial charge >= 0.3 is 0 Å². The maximum absolute atomic E-state index is 13.6. The molecule has 0 heterocycles. The predicted octanol–water partition coefficient (Wildman–Crippen LogP) is 3.75. The first kappa shape index (κ1) is 14.8. The molecule has 17 heavy (non-hydrogen) atoms. The fourth-order valence-electron chi connectivity index (χ4n) is 1.79. The molecule has 1 N–H and O–H groups in total. The van der Waals surface area contributed by atoms with Crippen LogP contribution < -0.4 is 5.32 Å². The lowest BCUT2D eigenvalue weighted by Gasteiger charge is -2.18. The molecule has 0 bridgehead atoms. The minimum absolute atomic E-state index is 0.165. The number of nitrogens with one attached hydrogen (secondary N) is 1. The zero-order chi connectivity index (χ0) is 12.7. The lowest BCUT2D eigenvalue weighted by molar-refractivity contribution is 0.499. The van der Waals surface area contributed by atoms with Crippen LogP contribution in [0.5, 0.6) is 0 Å². The van der Waals surface area contributed by atoms with E-state index in [0.29, 0.717) is 23.0 Å². The maximum Gasteiger partial charge on any atom is 0.126 e. The molecule has 0 radical (unpaired) electrons. The maximum atomic E-state index is 13.6. The minimum atomic E-state index is -0.165. The Bertz CT molecular complexity index is 346. The number of thioether (sulfide) groups is 1. The fourth-order valence-corrected chi connectivity index (χ4v) is 2.51. The molecule has 0 spiro atoms. The fraction of sp³-hybridized carbons (Fsp3) is 0.538. The number of likely N-dealkylation sites (N-methyl/N-ethyl adjacent to an activating group) is 1. The molecule has 0 amide bonds. The summed E-state index contributed by atoms with van der Waals surface area (Å²) in [5, 5.41) is 3.99. The Morgan fingerprint density at radius 2 is 2.24 bits per heavy atom. The van der Waals surface area contributed by atoms with Crippen LogP contribution in [0.3, 0.4) is 0 Å². The van der Waals surface area contributed by atoms with Crippen LogP contribution in [0.1, 0.15) is 18.9 Å². The summed E-state index contributed by atoms with van der Waals surface area (Å²) in [6, 6.07) is 5.07. The average Bonchev–Trinajstić information content (AvgIpc) is 2.31. The van der Waals surface area contributed by atoms with Crippen molar-refractivity contribution in [2.24, 2.45) is 0 Å². The van der Waals surface area contributed by atoms with Gasteiger partial charge in [-0.3, -0.25) is 0 Å². The van der Waals surface area contributed by atoms with E-state index in [1.54, 1.807) is 12.1 Å². The summed E-state index contributed by atoms with van der Waals surface area (Å²) in [5.41, 5.74) is 0.699. The van der Waals surface area contributed by atoms with Crippen molar-refractivity contribution in [3.8, 4) is 0 Å². The van der Waals surface area contributed by atoms with Gasteiger partial charge in [0.2, 0.25) is 0 Å². The van der Waals surface area contributed by atoms with Crippen molar-refractivity contribution in [2.45, 2.75) is 25.8 Å². The first-order valence-corrected chi connectivity index (χ1v) is 7.60. The summed E-state index contributed by atoms with van der Waals surface area (Å²) in [7, 11) is 0. The monoisotopic (exact) mass is 275 g/mol. The van der Waals surface area contributed by atoms with E-state index in [4.69, 9.17) is 11.6 Å². The molecule has 0 aliphatic carbocycles. The van der Waals surface area contributed by atoms with Gasteiger partial charge in [-0.25, -0.2) is 4.39 Å². The lowest BCUT2D eigenvalue weighted by atomic mass is 10.0. The van der Waals surface area contributed by atoms with Gasteiger partial charge in [0.1, 0.15) is 5.82 Å². The van der Waals surface area contributed by atoms with Crippen LogP contribution in [-0.2, 0) is 6.42 Å². The van der Waals surface area contributed by atoms with Gasteiger partial charge < -0.3 is 5.32 Å². The van der Waals surface area contributed by atoms with E-state index < -0.39 is 0 Å². The molecule has 1 rings (SSSR count). The van der Waals surface area contributed by atoms with Gasteiger partial charge in [-0.05, 0) is 55.2 Å². The standard InChI is InChI=1S/C13H19ClFNS/c1-3-16-12(6-7-17-2)9-10-8-11(14)4-5-13(10)15/h4-5,8,12,16H,3,6-7,9H2,1-2H3. The number of hydrogen-bond donors (Lipinski definition) is 1. The van der Waals surface area contributed by atoms with Crippen molar-refractivity contribution in [1.29, 1.82) is 0 Å². The molecule has 0 fully saturated rings. The second-order valence-corrected chi connectivity index (χ2v) is 5.40. The number of rotatable bonds is 7. The third-order valence-electron chi connectivity index (χ3n) is 2.64. The molecule has 0 aromatic heterocycles. The molecule has 4 heteroatoms. The molecule has 1 atom stereocenters. The van der Waals surface area contributed by atoms with E-state index in [1.807, 2.05) is 11.8 Å². The van der Waals surface area contributed by atoms with Crippen molar-refractivity contribution in [3.63, 3.8) is 0 Å². The molecule has 96 valence electrons. The Morgan fingerprint density at radius 1 is 1.47 bits per heavy atom. The Morgan fingerprint density at radius 3 is 2.88 bits per heavy atom. The molecule has 1 aromatic carbocycles. The highest BCUT2D eigenvalue weighted by molar-refractivity contribution is 7.98. The molecule has 0 saturated carbocycles. The molecular weight excluding hydrogens is 257 g/mol. The van der Waals surface area contributed by atoms with Gasteiger partial charge in [-0.2, -0.15) is 11.8 Å². The number of hydrogen-bond acceptors (Lipinski definition) is 2. The summed E-state index contributed by atoms with van der Waals surface area (Å²) in [6.07, 6.45) is 3.82. The van der Waals surface area contributed by atoms with Crippen LogP contribution in [0.2, 0.25) is 5.02 Å². The van der Waals surface area contributed by atoms with Gasteiger partial charge in [-0.15, -0.1) is 0 Å². The number of halogens is 2. The molecule has 1 nitrogen and oxygen atoms in total. The Balaban J connectivity index is 2.67. The van der Waals surface area contributed by atoms with Gasteiger partial charge in [0, 0.05) is 11.1 Å². The van der Waals surface area contributed by atoms with Crippen molar-refractivity contribution in [1.82, 2.24) is 5.32 Å². The second-order valence-electron chi connectivity index (χ2n) is 3.98. The largest absolute Gasteiger partial charge is 0.314 e. The quantitative estimate of drug-likeness (QED) is 0.813. The predicted molar refractivity (Wildman–Crippen MR) is 75.6 cm³/mol. The first-order valence-electron chi connectivity index (χ1n) is 5.83. The Kier molecular flexibility index (Phi) is 6.93. The van der Waals surface area contributed by atoms with E-state index in [2.05, 4.69) is 18.5 Å². The first-order chi connectivity index (χ1) is 8.17. The zero-order valence-electron chi connectivity index (χ0n) is 10.3. The van der Waals surface area contributed by atoms with Gasteiger partial charge in [0.25, 0.3) is 0 Å². The van der Waals surface area contributed by atoms with E-state index in [-0.39, 0.29) is 5.82 Å². The molecule has 0 aliphatic rings. The molecule has 1 unspecified atom stereocenters. The molecule has 0 aliphatic heterocycles. The summed E-state index contributed by atoms with van der Waals surface area (Å²) in [6.45, 7) is 2.97. The summed E-state index contributed by atoms with van der Waals surface area (Å²) in [5.74, 6) is 0.918. The lowest BCUT2D eigenvalue weighted by Crippen LogP contribution is -2.31. The topological polar surface area (TPSA) is 12.0 Å². The summed E-state index contributed by atoms with van der Waals surface area (Å²) in [4.78, 5) is 0. The van der Waals surface area contributed by atoms with Crippen molar-refractivity contribution in [3.05, 3.63) is 34.6 Å². The van der Waals surface area contributed by atoms with E-state index in [9.17, 15) is 4.39 Å². The van der Waals surface area contributed by atoms with Gasteiger partial charge in [-0.1, -0.05) is 18.5 Å². The Labute approximate surface area is 112 Å². The zero-order valence-corrected chi connectivity index (χ0v) is 11.9. The molecule has 1 aromatic rings. The highest BCUT2D eigenvalue weighted by Crippen LogP contribution is 2.17. The van der Waals surface area contributed by atoms with Crippen molar-refractivity contribution in [2.75, 3.05) is 18.6 Å². The van der Waals surface area contributed by atoms with Gasteiger partial charge in [0.05, 0.1) is 0 Å². The normalized spacial score (nSPS) is 12.7. The summed E-state index contributed by atoms with van der Waals surface area (Å²) >= 11 is 7.70.